The van der Waals surface area contributed by atoms with Gasteiger partial charge in [0.2, 0.25) is 0 Å². The number of carbonyl (C=O) groups is 1. The first-order valence-corrected chi connectivity index (χ1v) is 6.88. The number of rotatable bonds is 3. The van der Waals surface area contributed by atoms with Crippen molar-refractivity contribution >= 4 is 22.4 Å². The zero-order valence-corrected chi connectivity index (χ0v) is 11.1. The molecular weight excluding hydrogens is 248 g/mol. The number of amides is 2. The Bertz CT molecular complexity index is 489. The molecule has 0 saturated carbocycles. The lowest BCUT2D eigenvalue weighted by molar-refractivity contribution is 0.252. The maximum Gasteiger partial charge on any atom is 0.319 e. The molecule has 2 rings (SSSR count). The molecule has 6 heteroatoms. The standard InChI is InChI=1S/C12H16N4OS/c1-2-4-15-12(17)16-11-9(6-13)8-3-5-14-7-10(8)18-11/h14H,2-5,7H2,1H3,(H2,15,16,17). The number of nitrogens with zero attached hydrogens (tertiary/aromatic N) is 1. The summed E-state index contributed by atoms with van der Waals surface area (Å²) in [6, 6.07) is 1.97. The third kappa shape index (κ3) is 2.63. The molecule has 0 spiro atoms. The van der Waals surface area contributed by atoms with Crippen LogP contribution in [0.3, 0.4) is 0 Å². The molecule has 0 fully saturated rings. The number of thiophene rings is 1. The number of carbonyl (C=O) groups excluding carboxylic acids is 1. The van der Waals surface area contributed by atoms with Gasteiger partial charge in [-0.1, -0.05) is 6.92 Å². The smallest absolute Gasteiger partial charge is 0.319 e. The Morgan fingerprint density at radius 3 is 3.17 bits per heavy atom. The van der Waals surface area contributed by atoms with Crippen molar-refractivity contribution < 1.29 is 4.79 Å². The van der Waals surface area contributed by atoms with Crippen LogP contribution in [0.5, 0.6) is 0 Å². The molecule has 96 valence electrons. The number of hydrogen-bond acceptors (Lipinski definition) is 4. The molecular formula is C12H16N4OS. The Morgan fingerprint density at radius 2 is 2.44 bits per heavy atom. The van der Waals surface area contributed by atoms with Gasteiger partial charge in [0.05, 0.1) is 5.56 Å². The van der Waals surface area contributed by atoms with Crippen LogP contribution in [-0.4, -0.2) is 19.1 Å². The minimum absolute atomic E-state index is 0.236. The van der Waals surface area contributed by atoms with Crippen LogP contribution in [0.15, 0.2) is 0 Å². The molecule has 18 heavy (non-hydrogen) atoms. The molecule has 3 N–H and O–H groups in total. The van der Waals surface area contributed by atoms with Gasteiger partial charge in [-0.05, 0) is 24.9 Å². The summed E-state index contributed by atoms with van der Waals surface area (Å²) in [7, 11) is 0. The van der Waals surface area contributed by atoms with Crippen LogP contribution >= 0.6 is 11.3 Å². The number of urea groups is 1. The summed E-state index contributed by atoms with van der Waals surface area (Å²) in [6.45, 7) is 4.31. The number of hydrogen-bond donors (Lipinski definition) is 3. The van der Waals surface area contributed by atoms with Crippen molar-refractivity contribution in [2.75, 3.05) is 18.4 Å². The average Bonchev–Trinajstić information content (AvgIpc) is 2.73. The highest BCUT2D eigenvalue weighted by Crippen LogP contribution is 2.34. The van der Waals surface area contributed by atoms with Crippen LogP contribution in [0.25, 0.3) is 0 Å². The largest absolute Gasteiger partial charge is 0.338 e. The topological polar surface area (TPSA) is 77.0 Å². The van der Waals surface area contributed by atoms with Crippen molar-refractivity contribution in [1.82, 2.24) is 10.6 Å². The van der Waals surface area contributed by atoms with E-state index in [0.29, 0.717) is 17.1 Å². The van der Waals surface area contributed by atoms with E-state index in [1.807, 2.05) is 6.92 Å². The quantitative estimate of drug-likeness (QED) is 0.779. The van der Waals surface area contributed by atoms with Gasteiger partial charge in [-0.15, -0.1) is 11.3 Å². The summed E-state index contributed by atoms with van der Waals surface area (Å²) in [5, 5.41) is 18.7. The number of nitrogens with one attached hydrogen (secondary N) is 3. The van der Waals surface area contributed by atoms with Crippen LogP contribution < -0.4 is 16.0 Å². The van der Waals surface area contributed by atoms with Gasteiger partial charge in [-0.2, -0.15) is 5.26 Å². The van der Waals surface area contributed by atoms with Gasteiger partial charge in [-0.3, -0.25) is 5.32 Å². The Kier molecular flexibility index (Phi) is 4.18. The van der Waals surface area contributed by atoms with E-state index in [4.69, 9.17) is 0 Å². The highest BCUT2D eigenvalue weighted by Gasteiger charge is 2.21. The second kappa shape index (κ2) is 5.85. The first-order valence-electron chi connectivity index (χ1n) is 6.06. The fourth-order valence-electron chi connectivity index (χ4n) is 1.93. The van der Waals surface area contributed by atoms with E-state index >= 15 is 0 Å². The first kappa shape index (κ1) is 12.9. The van der Waals surface area contributed by atoms with Crippen LogP contribution in [0.4, 0.5) is 9.80 Å². The molecule has 1 aromatic heterocycles. The summed E-state index contributed by atoms with van der Waals surface area (Å²) < 4.78 is 0. The molecule has 1 aliphatic heterocycles. The molecule has 0 aromatic carbocycles. The van der Waals surface area contributed by atoms with Crippen LogP contribution in [0.2, 0.25) is 0 Å². The molecule has 1 aromatic rings. The molecule has 2 amide bonds. The van der Waals surface area contributed by atoms with Crippen LogP contribution in [0, 0.1) is 11.3 Å². The van der Waals surface area contributed by atoms with Gasteiger partial charge in [0, 0.05) is 18.0 Å². The molecule has 1 aliphatic rings. The summed E-state index contributed by atoms with van der Waals surface area (Å²) in [5.74, 6) is 0. The molecule has 5 nitrogen and oxygen atoms in total. The van der Waals surface area contributed by atoms with Gasteiger partial charge < -0.3 is 10.6 Å². The molecule has 0 aliphatic carbocycles. The van der Waals surface area contributed by atoms with Crippen molar-refractivity contribution in [2.45, 2.75) is 26.3 Å². The number of nitriles is 1. The van der Waals surface area contributed by atoms with Crippen LogP contribution in [0.1, 0.15) is 29.3 Å². The van der Waals surface area contributed by atoms with E-state index < -0.39 is 0 Å². The molecule has 0 unspecified atom stereocenters. The summed E-state index contributed by atoms with van der Waals surface area (Å²) in [4.78, 5) is 12.8. The zero-order valence-electron chi connectivity index (χ0n) is 10.3. The second-order valence-corrected chi connectivity index (χ2v) is 5.23. The van der Waals surface area contributed by atoms with Gasteiger partial charge in [0.1, 0.15) is 11.1 Å². The molecule has 0 radical (unpaired) electrons. The minimum atomic E-state index is -0.236. The van der Waals surface area contributed by atoms with Crippen molar-refractivity contribution in [3.63, 3.8) is 0 Å². The van der Waals surface area contributed by atoms with Crippen molar-refractivity contribution in [3.05, 3.63) is 16.0 Å². The lowest BCUT2D eigenvalue weighted by atomic mass is 10.1. The van der Waals surface area contributed by atoms with E-state index in [-0.39, 0.29) is 6.03 Å². The fraction of sp³-hybridized carbons (Fsp3) is 0.500. The molecule has 0 atom stereocenters. The highest BCUT2D eigenvalue weighted by molar-refractivity contribution is 7.16. The average molecular weight is 264 g/mol. The Labute approximate surface area is 110 Å². The van der Waals surface area contributed by atoms with Crippen molar-refractivity contribution in [1.29, 1.82) is 5.26 Å². The molecule has 0 saturated heterocycles. The van der Waals surface area contributed by atoms with Crippen LogP contribution in [-0.2, 0) is 13.0 Å². The third-order valence-electron chi connectivity index (χ3n) is 2.80. The van der Waals surface area contributed by atoms with Crippen molar-refractivity contribution in [2.24, 2.45) is 0 Å². The Balaban J connectivity index is 2.15. The second-order valence-electron chi connectivity index (χ2n) is 4.13. The normalized spacial score (nSPS) is 13.6. The number of fused-ring (bicyclic) bond motifs is 1. The van der Waals surface area contributed by atoms with Gasteiger partial charge in [0.25, 0.3) is 0 Å². The first-order chi connectivity index (χ1) is 8.76. The number of anilines is 1. The maximum atomic E-state index is 11.6. The molecule has 2 heterocycles. The fourth-order valence-corrected chi connectivity index (χ4v) is 3.09. The van der Waals surface area contributed by atoms with Crippen molar-refractivity contribution in [3.8, 4) is 6.07 Å². The monoisotopic (exact) mass is 264 g/mol. The predicted octanol–water partition coefficient (Wildman–Crippen LogP) is 1.80. The summed E-state index contributed by atoms with van der Waals surface area (Å²) in [5.41, 5.74) is 1.72. The van der Waals surface area contributed by atoms with E-state index in [1.54, 1.807) is 0 Å². The van der Waals surface area contributed by atoms with E-state index in [9.17, 15) is 10.1 Å². The lowest BCUT2D eigenvalue weighted by Crippen LogP contribution is -2.29. The maximum absolute atomic E-state index is 11.6. The van der Waals surface area contributed by atoms with Gasteiger partial charge in [0.15, 0.2) is 0 Å². The molecule has 0 bridgehead atoms. The minimum Gasteiger partial charge on any atom is -0.338 e. The Morgan fingerprint density at radius 1 is 1.61 bits per heavy atom. The zero-order chi connectivity index (χ0) is 13.0. The van der Waals surface area contributed by atoms with E-state index in [0.717, 1.165) is 36.4 Å². The summed E-state index contributed by atoms with van der Waals surface area (Å²) in [6.07, 6.45) is 1.75. The van der Waals surface area contributed by atoms with E-state index in [1.165, 1.54) is 11.3 Å². The lowest BCUT2D eigenvalue weighted by Gasteiger charge is -2.11. The highest BCUT2D eigenvalue weighted by atomic mass is 32.1. The van der Waals surface area contributed by atoms with E-state index in [2.05, 4.69) is 22.0 Å². The van der Waals surface area contributed by atoms with Gasteiger partial charge >= 0.3 is 6.03 Å². The SMILES string of the molecule is CCCNC(=O)Nc1sc2c(c1C#N)CCNC2. The van der Waals surface area contributed by atoms with Gasteiger partial charge in [-0.25, -0.2) is 4.79 Å². The Hall–Kier alpha value is -1.58. The summed E-state index contributed by atoms with van der Waals surface area (Å²) >= 11 is 1.49. The third-order valence-corrected chi connectivity index (χ3v) is 3.95. The predicted molar refractivity (Wildman–Crippen MR) is 71.8 cm³/mol.